The van der Waals surface area contributed by atoms with Crippen molar-refractivity contribution in [1.29, 1.82) is 0 Å². The van der Waals surface area contributed by atoms with Crippen molar-refractivity contribution < 1.29 is 5.11 Å². The third kappa shape index (κ3) is 5.47. The maximum atomic E-state index is 9.94. The molecular formula is C20H28IN7O. The van der Waals surface area contributed by atoms with E-state index < -0.39 is 5.60 Å². The molecule has 9 heteroatoms. The third-order valence-electron chi connectivity index (χ3n) is 4.55. The largest absolute Gasteiger partial charge is 0.398 e. The molecule has 0 saturated carbocycles. The normalized spacial score (nSPS) is 12.0. The highest BCUT2D eigenvalue weighted by Gasteiger charge is 2.16. The van der Waals surface area contributed by atoms with Gasteiger partial charge in [-0.25, -0.2) is 4.98 Å². The maximum absolute atomic E-state index is 9.94. The molecule has 3 aromatic rings. The van der Waals surface area contributed by atoms with Crippen LogP contribution in [-0.4, -0.2) is 36.8 Å². The fourth-order valence-electron chi connectivity index (χ4n) is 2.88. The van der Waals surface area contributed by atoms with Gasteiger partial charge in [-0.3, -0.25) is 0 Å². The van der Waals surface area contributed by atoms with Crippen LogP contribution in [0.3, 0.4) is 0 Å². The molecule has 156 valence electrons. The summed E-state index contributed by atoms with van der Waals surface area (Å²) in [5, 5.41) is 16.5. The summed E-state index contributed by atoms with van der Waals surface area (Å²) < 4.78 is 3.14. The van der Waals surface area contributed by atoms with Crippen LogP contribution < -0.4 is 16.4 Å². The summed E-state index contributed by atoms with van der Waals surface area (Å²) in [5.41, 5.74) is 8.58. The van der Waals surface area contributed by atoms with Crippen LogP contribution in [0.15, 0.2) is 24.5 Å². The van der Waals surface area contributed by atoms with Gasteiger partial charge < -0.3 is 26.0 Å². The number of rotatable bonds is 8. The van der Waals surface area contributed by atoms with Gasteiger partial charge in [0.15, 0.2) is 17.0 Å². The van der Waals surface area contributed by atoms with Crippen LogP contribution in [0.25, 0.3) is 11.2 Å². The van der Waals surface area contributed by atoms with Crippen molar-refractivity contribution in [3.05, 3.63) is 33.7 Å². The van der Waals surface area contributed by atoms with E-state index in [4.69, 9.17) is 5.73 Å². The molecule has 5 N–H and O–H groups in total. The Morgan fingerprint density at radius 2 is 2.00 bits per heavy atom. The first kappa shape index (κ1) is 21.6. The van der Waals surface area contributed by atoms with Crippen LogP contribution in [0.2, 0.25) is 0 Å². The Morgan fingerprint density at radius 1 is 1.24 bits per heavy atom. The molecule has 2 aromatic heterocycles. The number of hydrogen-bond donors (Lipinski definition) is 4. The van der Waals surface area contributed by atoms with Gasteiger partial charge in [-0.2, -0.15) is 9.97 Å². The van der Waals surface area contributed by atoms with E-state index in [9.17, 15) is 5.11 Å². The number of halogens is 1. The van der Waals surface area contributed by atoms with Crippen molar-refractivity contribution in [3.8, 4) is 0 Å². The van der Waals surface area contributed by atoms with E-state index in [1.807, 2.05) is 16.7 Å². The predicted octanol–water partition coefficient (Wildman–Crippen LogP) is 3.78. The number of anilines is 3. The Labute approximate surface area is 184 Å². The molecule has 3 rings (SSSR count). The minimum Gasteiger partial charge on any atom is -0.398 e. The lowest BCUT2D eigenvalue weighted by atomic mass is 10.1. The first-order valence-electron chi connectivity index (χ1n) is 9.62. The predicted molar refractivity (Wildman–Crippen MR) is 126 cm³/mol. The zero-order valence-electron chi connectivity index (χ0n) is 17.2. The van der Waals surface area contributed by atoms with Gasteiger partial charge in [0.1, 0.15) is 0 Å². The summed E-state index contributed by atoms with van der Waals surface area (Å²) in [7, 11) is 0. The van der Waals surface area contributed by atoms with Crippen LogP contribution in [-0.2, 0) is 6.54 Å². The lowest BCUT2D eigenvalue weighted by Crippen LogP contribution is -2.23. The monoisotopic (exact) mass is 509 g/mol. The van der Waals surface area contributed by atoms with Gasteiger partial charge >= 0.3 is 0 Å². The topological polar surface area (TPSA) is 114 Å². The number of aliphatic hydroxyl groups is 1. The van der Waals surface area contributed by atoms with Gasteiger partial charge in [0, 0.05) is 28.4 Å². The highest BCUT2D eigenvalue weighted by atomic mass is 127. The number of aromatic nitrogens is 4. The average Bonchev–Trinajstić information content (AvgIpc) is 3.05. The van der Waals surface area contributed by atoms with E-state index in [0.29, 0.717) is 31.3 Å². The molecule has 0 spiro atoms. The zero-order chi connectivity index (χ0) is 21.2. The van der Waals surface area contributed by atoms with Crippen molar-refractivity contribution in [2.24, 2.45) is 0 Å². The first-order valence-corrected chi connectivity index (χ1v) is 10.7. The Morgan fingerprint density at radius 3 is 2.69 bits per heavy atom. The number of fused-ring (bicyclic) bond motifs is 1. The average molecular weight is 509 g/mol. The van der Waals surface area contributed by atoms with Crippen molar-refractivity contribution >= 4 is 51.2 Å². The van der Waals surface area contributed by atoms with E-state index in [1.165, 1.54) is 0 Å². The van der Waals surface area contributed by atoms with Crippen LogP contribution in [0.1, 0.15) is 45.7 Å². The molecule has 0 bridgehead atoms. The number of hydrogen-bond acceptors (Lipinski definition) is 7. The molecule has 0 radical (unpaired) electrons. The standard InChI is InChI=1S/C20H28IN7O/c1-12(2)28-11-25-16-17(24-10-13-9-14(21)5-6-15(13)22)26-19(27-18(16)28)23-8-7-20(3,4)29/h5-6,9,11-12,29H,7-8,10,22H2,1-4H3,(H2,23,24,26,27). The second-order valence-corrected chi connectivity index (χ2v) is 9.25. The molecule has 0 saturated heterocycles. The summed E-state index contributed by atoms with van der Waals surface area (Å²) >= 11 is 2.27. The van der Waals surface area contributed by atoms with Gasteiger partial charge in [0.05, 0.1) is 11.9 Å². The van der Waals surface area contributed by atoms with Gasteiger partial charge in [-0.1, -0.05) is 0 Å². The quantitative estimate of drug-likeness (QED) is 0.270. The van der Waals surface area contributed by atoms with Gasteiger partial charge in [0.25, 0.3) is 0 Å². The van der Waals surface area contributed by atoms with Gasteiger partial charge in [-0.05, 0) is 80.5 Å². The summed E-state index contributed by atoms with van der Waals surface area (Å²) in [5.74, 6) is 1.15. The van der Waals surface area contributed by atoms with Crippen molar-refractivity contribution in [2.75, 3.05) is 22.9 Å². The second kappa shape index (κ2) is 8.70. The lowest BCUT2D eigenvalue weighted by molar-refractivity contribution is 0.0748. The number of nitrogen functional groups attached to an aromatic ring is 1. The van der Waals surface area contributed by atoms with Gasteiger partial charge in [0.2, 0.25) is 5.95 Å². The SMILES string of the molecule is CC(C)n1cnc2c(NCc3cc(I)ccc3N)nc(NCCC(C)(C)O)nc21. The molecule has 1 aromatic carbocycles. The highest BCUT2D eigenvalue weighted by Crippen LogP contribution is 2.25. The molecule has 0 aliphatic heterocycles. The first-order chi connectivity index (χ1) is 13.6. The summed E-state index contributed by atoms with van der Waals surface area (Å²) in [4.78, 5) is 13.8. The maximum Gasteiger partial charge on any atom is 0.226 e. The van der Waals surface area contributed by atoms with Crippen molar-refractivity contribution in [1.82, 2.24) is 19.5 Å². The number of benzene rings is 1. The third-order valence-corrected chi connectivity index (χ3v) is 5.22. The molecule has 8 nitrogen and oxygen atoms in total. The van der Waals surface area contributed by atoms with Crippen molar-refractivity contribution in [2.45, 2.75) is 52.3 Å². The number of nitrogens with two attached hydrogens (primary N) is 1. The van der Waals surface area contributed by atoms with Crippen molar-refractivity contribution in [3.63, 3.8) is 0 Å². The van der Waals surface area contributed by atoms with E-state index in [0.717, 1.165) is 26.0 Å². The molecule has 29 heavy (non-hydrogen) atoms. The molecule has 0 aliphatic rings. The van der Waals surface area contributed by atoms with Crippen LogP contribution >= 0.6 is 22.6 Å². The fourth-order valence-corrected chi connectivity index (χ4v) is 3.44. The Bertz CT molecular complexity index is 994. The molecule has 0 amide bonds. The van der Waals surface area contributed by atoms with E-state index in [-0.39, 0.29) is 6.04 Å². The highest BCUT2D eigenvalue weighted by molar-refractivity contribution is 14.1. The summed E-state index contributed by atoms with van der Waals surface area (Å²) in [6, 6.07) is 6.16. The van der Waals surface area contributed by atoms with E-state index in [2.05, 4.69) is 68.1 Å². The number of nitrogens with one attached hydrogen (secondary N) is 2. The summed E-state index contributed by atoms with van der Waals surface area (Å²) in [6.45, 7) is 8.84. The molecule has 0 atom stereocenters. The number of nitrogens with zero attached hydrogens (tertiary/aromatic N) is 4. The lowest BCUT2D eigenvalue weighted by Gasteiger charge is -2.17. The minimum absolute atomic E-state index is 0.221. The van der Waals surface area contributed by atoms with Crippen LogP contribution in [0.4, 0.5) is 17.5 Å². The van der Waals surface area contributed by atoms with Crippen LogP contribution in [0, 0.1) is 3.57 Å². The summed E-state index contributed by atoms with van der Waals surface area (Å²) in [6.07, 6.45) is 2.37. The van der Waals surface area contributed by atoms with E-state index >= 15 is 0 Å². The number of imidazole rings is 1. The van der Waals surface area contributed by atoms with Crippen LogP contribution in [0.5, 0.6) is 0 Å². The molecule has 2 heterocycles. The Balaban J connectivity index is 1.90. The Kier molecular flexibility index (Phi) is 6.47. The second-order valence-electron chi connectivity index (χ2n) is 8.00. The minimum atomic E-state index is -0.750. The smallest absolute Gasteiger partial charge is 0.226 e. The fraction of sp³-hybridized carbons (Fsp3) is 0.450. The molecule has 0 fully saturated rings. The molecule has 0 aliphatic carbocycles. The molecular weight excluding hydrogens is 481 g/mol. The molecule has 0 unspecified atom stereocenters. The Hall–Kier alpha value is -2.14. The van der Waals surface area contributed by atoms with E-state index in [1.54, 1.807) is 20.2 Å². The van der Waals surface area contributed by atoms with Gasteiger partial charge in [-0.15, -0.1) is 0 Å². The zero-order valence-corrected chi connectivity index (χ0v) is 19.4.